The third kappa shape index (κ3) is 4.32. The lowest BCUT2D eigenvalue weighted by molar-refractivity contribution is 0.102. The van der Waals surface area contributed by atoms with Crippen LogP contribution in [-0.4, -0.2) is 30.8 Å². The van der Waals surface area contributed by atoms with Crippen molar-refractivity contribution in [2.45, 2.75) is 0 Å². The van der Waals surface area contributed by atoms with Gasteiger partial charge in [-0.15, -0.1) is 10.2 Å². The summed E-state index contributed by atoms with van der Waals surface area (Å²) in [5.41, 5.74) is -1.00. The smallest absolute Gasteiger partial charge is 0.260 e. The topological polar surface area (TPSA) is 122 Å². The van der Waals surface area contributed by atoms with E-state index in [4.69, 9.17) is 6.57 Å². The molecule has 37 heavy (non-hydrogen) atoms. The Kier molecular flexibility index (Phi) is 6.01. The van der Waals surface area contributed by atoms with Crippen LogP contribution in [0.25, 0.3) is 21.6 Å². The van der Waals surface area contributed by atoms with E-state index in [9.17, 15) is 18.7 Å². The Labute approximate surface area is 207 Å². The molecule has 0 radical (unpaired) electrons. The molecule has 5 aromatic rings. The second-order valence-electron chi connectivity index (χ2n) is 7.52. The van der Waals surface area contributed by atoms with E-state index in [0.717, 1.165) is 18.2 Å². The Morgan fingerprint density at radius 1 is 1.03 bits per heavy atom. The number of carbonyl (C=O) groups excluding carboxylic acids is 1. The number of hydrogen-bond acceptors (Lipinski definition) is 7. The minimum absolute atomic E-state index is 0.00631. The van der Waals surface area contributed by atoms with Gasteiger partial charge < -0.3 is 10.4 Å². The van der Waals surface area contributed by atoms with Crippen molar-refractivity contribution in [3.63, 3.8) is 0 Å². The number of phenolic OH excluding ortho intramolecular Hbond substituents is 1. The van der Waals surface area contributed by atoms with Crippen LogP contribution in [0, 0.1) is 18.2 Å². The van der Waals surface area contributed by atoms with Crippen molar-refractivity contribution in [2.75, 3.05) is 5.32 Å². The standard InChI is InChI=1S/C25H14F2N8O2/c1-28-19-13-31-35(25-29-10-5-11-30-25)23(19)34-33-18-12-14-6-2-3-7-15(14)20(22(18)36)24(37)32-21-16(26)8-4-9-17(21)27/h2-13,36H,(H,32,37)/b34-33+. The first-order chi connectivity index (χ1) is 18.0. The molecule has 0 saturated carbocycles. The lowest BCUT2D eigenvalue weighted by Gasteiger charge is -2.12. The summed E-state index contributed by atoms with van der Waals surface area (Å²) in [7, 11) is 0. The Bertz CT molecular complexity index is 1710. The summed E-state index contributed by atoms with van der Waals surface area (Å²) in [6.45, 7) is 7.39. The van der Waals surface area contributed by atoms with Gasteiger partial charge >= 0.3 is 0 Å². The average molecular weight is 496 g/mol. The third-order valence-corrected chi connectivity index (χ3v) is 5.27. The molecule has 2 aromatic heterocycles. The first-order valence-corrected chi connectivity index (χ1v) is 10.6. The second-order valence-corrected chi connectivity index (χ2v) is 7.52. The van der Waals surface area contributed by atoms with Crippen molar-refractivity contribution in [1.29, 1.82) is 0 Å². The number of phenols is 1. The highest BCUT2D eigenvalue weighted by atomic mass is 19.1. The SMILES string of the molecule is [C-]#[N+]c1cnn(-c2ncccn2)c1/N=N/c1cc2ccccc2c(C(=O)Nc2c(F)cccc2F)c1O. The lowest BCUT2D eigenvalue weighted by atomic mass is 10.0. The van der Waals surface area contributed by atoms with Gasteiger partial charge in [-0.2, -0.15) is 9.78 Å². The first kappa shape index (κ1) is 23.2. The molecule has 10 nitrogen and oxygen atoms in total. The normalized spacial score (nSPS) is 11.1. The number of anilines is 1. The second kappa shape index (κ2) is 9.59. The van der Waals surface area contributed by atoms with E-state index in [2.05, 4.69) is 35.5 Å². The van der Waals surface area contributed by atoms with Gasteiger partial charge in [0.25, 0.3) is 17.5 Å². The highest BCUT2D eigenvalue weighted by Gasteiger charge is 2.22. The summed E-state index contributed by atoms with van der Waals surface area (Å²) < 4.78 is 29.5. The van der Waals surface area contributed by atoms with Gasteiger partial charge in [0.05, 0.1) is 18.3 Å². The van der Waals surface area contributed by atoms with Gasteiger partial charge in [0, 0.05) is 12.4 Å². The molecule has 0 bridgehead atoms. The Balaban J connectivity index is 1.61. The van der Waals surface area contributed by atoms with E-state index in [1.807, 2.05) is 0 Å². The number of aromatic hydroxyl groups is 1. The van der Waals surface area contributed by atoms with Crippen LogP contribution in [0.2, 0.25) is 0 Å². The molecular weight excluding hydrogens is 482 g/mol. The number of carbonyl (C=O) groups is 1. The highest BCUT2D eigenvalue weighted by molar-refractivity contribution is 6.16. The van der Waals surface area contributed by atoms with E-state index in [0.29, 0.717) is 10.8 Å². The minimum atomic E-state index is -0.976. The van der Waals surface area contributed by atoms with E-state index in [1.54, 1.807) is 30.3 Å². The molecule has 2 N–H and O–H groups in total. The lowest BCUT2D eigenvalue weighted by Crippen LogP contribution is -2.15. The average Bonchev–Trinajstić information content (AvgIpc) is 3.33. The Morgan fingerprint density at radius 2 is 1.76 bits per heavy atom. The number of nitrogens with one attached hydrogen (secondary N) is 1. The van der Waals surface area contributed by atoms with E-state index in [1.165, 1.54) is 29.3 Å². The molecule has 12 heteroatoms. The van der Waals surface area contributed by atoms with Crippen molar-refractivity contribution in [1.82, 2.24) is 19.7 Å². The van der Waals surface area contributed by atoms with Gasteiger partial charge in [-0.3, -0.25) is 4.79 Å². The summed E-state index contributed by atoms with van der Waals surface area (Å²) >= 11 is 0. The van der Waals surface area contributed by atoms with Crippen molar-refractivity contribution in [2.24, 2.45) is 10.2 Å². The maximum atomic E-state index is 14.2. The molecule has 2 heterocycles. The molecule has 0 aliphatic carbocycles. The number of fused-ring (bicyclic) bond motifs is 1. The maximum absolute atomic E-state index is 14.2. The quantitative estimate of drug-likeness (QED) is 0.228. The fourth-order valence-corrected chi connectivity index (χ4v) is 3.58. The molecule has 0 saturated heterocycles. The van der Waals surface area contributed by atoms with E-state index < -0.39 is 29.0 Å². The van der Waals surface area contributed by atoms with E-state index >= 15 is 0 Å². The van der Waals surface area contributed by atoms with Crippen LogP contribution in [0.5, 0.6) is 5.75 Å². The largest absolute Gasteiger partial charge is 0.505 e. The number of aromatic nitrogens is 4. The molecule has 0 atom stereocenters. The van der Waals surface area contributed by atoms with Crippen LogP contribution in [-0.2, 0) is 0 Å². The summed E-state index contributed by atoms with van der Waals surface area (Å²) in [4.78, 5) is 24.7. The zero-order valence-corrected chi connectivity index (χ0v) is 18.7. The Morgan fingerprint density at radius 3 is 2.49 bits per heavy atom. The predicted octanol–water partition coefficient (Wildman–Crippen LogP) is 6.02. The summed E-state index contributed by atoms with van der Waals surface area (Å²) in [5.74, 6) is -3.36. The number of para-hydroxylation sites is 1. The number of halogens is 2. The zero-order chi connectivity index (χ0) is 25.9. The van der Waals surface area contributed by atoms with Gasteiger partial charge in [0.15, 0.2) is 11.6 Å². The number of hydrogen-bond donors (Lipinski definition) is 2. The number of rotatable bonds is 5. The molecule has 0 spiro atoms. The number of nitrogens with zero attached hydrogens (tertiary/aromatic N) is 7. The van der Waals surface area contributed by atoms with Crippen LogP contribution in [0.4, 0.5) is 31.7 Å². The molecule has 3 aromatic carbocycles. The minimum Gasteiger partial charge on any atom is -0.505 e. The van der Waals surface area contributed by atoms with Gasteiger partial charge in [0.1, 0.15) is 23.0 Å². The number of benzene rings is 3. The van der Waals surface area contributed by atoms with Crippen LogP contribution in [0.1, 0.15) is 10.4 Å². The van der Waals surface area contributed by atoms with Crippen LogP contribution >= 0.6 is 0 Å². The molecule has 0 unspecified atom stereocenters. The van der Waals surface area contributed by atoms with Crippen LogP contribution in [0.15, 0.2) is 83.4 Å². The summed E-state index contributed by atoms with van der Waals surface area (Å²) in [5, 5.41) is 26.2. The van der Waals surface area contributed by atoms with Crippen molar-refractivity contribution >= 4 is 39.6 Å². The van der Waals surface area contributed by atoms with Crippen molar-refractivity contribution < 1.29 is 18.7 Å². The molecule has 1 amide bonds. The molecular formula is C25H14F2N8O2. The number of amides is 1. The van der Waals surface area contributed by atoms with Crippen LogP contribution < -0.4 is 5.32 Å². The van der Waals surface area contributed by atoms with Crippen LogP contribution in [0.3, 0.4) is 0 Å². The summed E-state index contributed by atoms with van der Waals surface area (Å²) in [6.07, 6.45) is 4.24. The van der Waals surface area contributed by atoms with Gasteiger partial charge in [0.2, 0.25) is 0 Å². The number of azo groups is 1. The fraction of sp³-hybridized carbons (Fsp3) is 0. The highest BCUT2D eigenvalue weighted by Crippen LogP contribution is 2.39. The fourth-order valence-electron chi connectivity index (χ4n) is 3.58. The van der Waals surface area contributed by atoms with Gasteiger partial charge in [-0.05, 0) is 35.0 Å². The third-order valence-electron chi connectivity index (χ3n) is 5.27. The van der Waals surface area contributed by atoms with E-state index in [-0.39, 0.29) is 28.7 Å². The maximum Gasteiger partial charge on any atom is 0.260 e. The zero-order valence-electron chi connectivity index (χ0n) is 18.7. The van der Waals surface area contributed by atoms with Crippen molar-refractivity contribution in [3.05, 3.63) is 102 Å². The Hall–Kier alpha value is -5.57. The summed E-state index contributed by atoms with van der Waals surface area (Å²) in [6, 6.07) is 12.8. The van der Waals surface area contributed by atoms with Crippen molar-refractivity contribution in [3.8, 4) is 11.7 Å². The van der Waals surface area contributed by atoms with Gasteiger partial charge in [-0.1, -0.05) is 30.3 Å². The molecule has 0 aliphatic heterocycles. The van der Waals surface area contributed by atoms with Gasteiger partial charge in [-0.25, -0.2) is 23.6 Å². The predicted molar refractivity (Wildman–Crippen MR) is 130 cm³/mol. The first-order valence-electron chi connectivity index (χ1n) is 10.6. The molecule has 0 aliphatic rings. The monoisotopic (exact) mass is 496 g/mol. The molecule has 0 fully saturated rings. The molecule has 180 valence electrons. The molecule has 5 rings (SSSR count).